The van der Waals surface area contributed by atoms with Crippen LogP contribution in [-0.4, -0.2) is 29.9 Å². The summed E-state index contributed by atoms with van der Waals surface area (Å²) in [5.41, 5.74) is 3.18. The van der Waals surface area contributed by atoms with Crippen molar-refractivity contribution in [3.05, 3.63) is 64.3 Å². The highest BCUT2D eigenvalue weighted by Gasteiger charge is 2.26. The molecule has 0 spiro atoms. The fourth-order valence-corrected chi connectivity index (χ4v) is 4.40. The maximum atomic E-state index is 13.1. The van der Waals surface area contributed by atoms with Gasteiger partial charge >= 0.3 is 0 Å². The Kier molecular flexibility index (Phi) is 5.19. The molecule has 1 aromatic heterocycles. The second kappa shape index (κ2) is 7.77. The molecule has 6 nitrogen and oxygen atoms in total. The molecule has 2 aromatic carbocycles. The number of amides is 1. The molecule has 0 radical (unpaired) electrons. The van der Waals surface area contributed by atoms with Gasteiger partial charge in [0.25, 0.3) is 5.91 Å². The fraction of sp³-hybridized carbons (Fsp3) is 0.200. The van der Waals surface area contributed by atoms with E-state index in [2.05, 4.69) is 5.32 Å². The zero-order valence-electron chi connectivity index (χ0n) is 15.4. The third-order valence-corrected chi connectivity index (χ3v) is 5.69. The van der Waals surface area contributed by atoms with E-state index in [-0.39, 0.29) is 5.91 Å². The van der Waals surface area contributed by atoms with E-state index in [0.717, 1.165) is 28.5 Å². The number of benzene rings is 2. The van der Waals surface area contributed by atoms with Crippen LogP contribution in [-0.2, 0) is 11.5 Å². The first-order valence-corrected chi connectivity index (χ1v) is 10.1. The van der Waals surface area contributed by atoms with Crippen molar-refractivity contribution in [2.24, 2.45) is 0 Å². The molecule has 0 bridgehead atoms. The van der Waals surface area contributed by atoms with Crippen LogP contribution in [0.3, 0.4) is 0 Å². The normalized spacial score (nSPS) is 12.5. The molecule has 28 heavy (non-hydrogen) atoms. The molecule has 0 atom stereocenters. The van der Waals surface area contributed by atoms with Crippen molar-refractivity contribution >= 4 is 35.1 Å². The van der Waals surface area contributed by atoms with E-state index in [4.69, 9.17) is 26.2 Å². The van der Waals surface area contributed by atoms with Crippen molar-refractivity contribution in [2.75, 3.05) is 19.5 Å². The summed E-state index contributed by atoms with van der Waals surface area (Å²) in [6.07, 6.45) is 0. The number of carbonyl (C=O) groups is 1. The molecule has 0 fully saturated rings. The zero-order valence-corrected chi connectivity index (χ0v) is 16.9. The van der Waals surface area contributed by atoms with Gasteiger partial charge in [-0.25, -0.2) is 4.68 Å². The number of ether oxygens (including phenoxy) is 2. The van der Waals surface area contributed by atoms with E-state index < -0.39 is 0 Å². The molecule has 3 aromatic rings. The smallest absolute Gasteiger partial charge is 0.260 e. The minimum absolute atomic E-state index is 0.293. The molecule has 8 heteroatoms. The number of nitrogens with zero attached hydrogens (tertiary/aromatic N) is 2. The van der Waals surface area contributed by atoms with Gasteiger partial charge < -0.3 is 14.8 Å². The first kappa shape index (κ1) is 18.7. The molecule has 2 heterocycles. The second-order valence-corrected chi connectivity index (χ2v) is 7.58. The lowest BCUT2D eigenvalue weighted by molar-refractivity contribution is 0.102. The van der Waals surface area contributed by atoms with E-state index in [1.54, 1.807) is 40.7 Å². The predicted molar refractivity (Wildman–Crippen MR) is 111 cm³/mol. The van der Waals surface area contributed by atoms with E-state index in [1.165, 1.54) is 14.2 Å². The summed E-state index contributed by atoms with van der Waals surface area (Å²) in [6, 6.07) is 12.6. The third kappa shape index (κ3) is 3.31. The number of halogens is 1. The van der Waals surface area contributed by atoms with Gasteiger partial charge in [-0.1, -0.05) is 23.7 Å². The summed E-state index contributed by atoms with van der Waals surface area (Å²) < 4.78 is 12.4. The Labute approximate surface area is 171 Å². The highest BCUT2D eigenvalue weighted by Crippen LogP contribution is 2.37. The molecule has 144 valence electrons. The van der Waals surface area contributed by atoms with Crippen LogP contribution in [0.1, 0.15) is 21.6 Å². The molecule has 0 saturated carbocycles. The van der Waals surface area contributed by atoms with Gasteiger partial charge in [0, 0.05) is 22.1 Å². The van der Waals surface area contributed by atoms with E-state index in [1.807, 2.05) is 18.2 Å². The van der Waals surface area contributed by atoms with Crippen LogP contribution < -0.4 is 14.8 Å². The first-order chi connectivity index (χ1) is 13.6. The quantitative estimate of drug-likeness (QED) is 0.662. The van der Waals surface area contributed by atoms with Crippen LogP contribution in [0.4, 0.5) is 5.82 Å². The summed E-state index contributed by atoms with van der Waals surface area (Å²) in [4.78, 5) is 13.1. The molecule has 1 amide bonds. The molecule has 1 aliphatic heterocycles. The van der Waals surface area contributed by atoms with Gasteiger partial charge in [-0.15, -0.1) is 0 Å². The number of hydrogen-bond acceptors (Lipinski definition) is 5. The van der Waals surface area contributed by atoms with Crippen LogP contribution in [0, 0.1) is 0 Å². The highest BCUT2D eigenvalue weighted by molar-refractivity contribution is 7.98. The molecular formula is C20H18ClN3O3S. The fourth-order valence-electron chi connectivity index (χ4n) is 3.18. The zero-order chi connectivity index (χ0) is 19.7. The molecule has 1 N–H and O–H groups in total. The van der Waals surface area contributed by atoms with E-state index >= 15 is 0 Å². The largest absolute Gasteiger partial charge is 0.493 e. The van der Waals surface area contributed by atoms with Gasteiger partial charge in [0.15, 0.2) is 11.5 Å². The van der Waals surface area contributed by atoms with Crippen molar-refractivity contribution in [3.63, 3.8) is 0 Å². The average molecular weight is 416 g/mol. The van der Waals surface area contributed by atoms with Crippen LogP contribution in [0.2, 0.25) is 5.02 Å². The number of para-hydroxylation sites is 1. The number of carbonyl (C=O) groups excluding carboxylic acids is 1. The van der Waals surface area contributed by atoms with Gasteiger partial charge in [0.2, 0.25) is 0 Å². The Morgan fingerprint density at radius 3 is 2.75 bits per heavy atom. The topological polar surface area (TPSA) is 65.4 Å². The lowest BCUT2D eigenvalue weighted by Crippen LogP contribution is -2.17. The summed E-state index contributed by atoms with van der Waals surface area (Å²) in [6.45, 7) is 0. The van der Waals surface area contributed by atoms with Crippen LogP contribution in [0.5, 0.6) is 11.5 Å². The van der Waals surface area contributed by atoms with E-state index in [9.17, 15) is 4.79 Å². The van der Waals surface area contributed by atoms with Gasteiger partial charge in [-0.05, 0) is 30.3 Å². The first-order valence-electron chi connectivity index (χ1n) is 8.59. The molecule has 1 aliphatic rings. The summed E-state index contributed by atoms with van der Waals surface area (Å²) >= 11 is 7.92. The van der Waals surface area contributed by atoms with Crippen LogP contribution in [0.25, 0.3) is 5.69 Å². The minimum Gasteiger partial charge on any atom is -0.493 e. The van der Waals surface area contributed by atoms with Crippen molar-refractivity contribution < 1.29 is 14.3 Å². The summed E-state index contributed by atoms with van der Waals surface area (Å²) in [7, 11) is 3.05. The number of methoxy groups -OCH3 is 2. The lowest BCUT2D eigenvalue weighted by atomic mass is 10.1. The Hall–Kier alpha value is -2.64. The summed E-state index contributed by atoms with van der Waals surface area (Å²) in [5.74, 6) is 2.85. The number of anilines is 1. The van der Waals surface area contributed by atoms with Crippen LogP contribution in [0.15, 0.2) is 42.5 Å². The Bertz CT molecular complexity index is 1050. The van der Waals surface area contributed by atoms with Gasteiger partial charge in [-0.3, -0.25) is 4.79 Å². The molecular weight excluding hydrogens is 398 g/mol. The lowest BCUT2D eigenvalue weighted by Gasteiger charge is -2.14. The maximum Gasteiger partial charge on any atom is 0.260 e. The van der Waals surface area contributed by atoms with Crippen molar-refractivity contribution in [2.45, 2.75) is 11.5 Å². The SMILES string of the molecule is COc1cccc(C(=O)Nc2c3c(nn2-c2cccc(Cl)c2)CSC3)c1OC. The predicted octanol–water partition coefficient (Wildman–Crippen LogP) is 4.54. The summed E-state index contributed by atoms with van der Waals surface area (Å²) in [5, 5.41) is 8.32. The molecule has 4 rings (SSSR count). The average Bonchev–Trinajstić information content (AvgIpc) is 3.29. The number of rotatable bonds is 5. The Morgan fingerprint density at radius 1 is 1.18 bits per heavy atom. The van der Waals surface area contributed by atoms with E-state index in [0.29, 0.717) is 27.9 Å². The highest BCUT2D eigenvalue weighted by atomic mass is 35.5. The number of nitrogens with one attached hydrogen (secondary N) is 1. The Morgan fingerprint density at radius 2 is 2.00 bits per heavy atom. The number of thioether (sulfide) groups is 1. The third-order valence-electron chi connectivity index (χ3n) is 4.48. The van der Waals surface area contributed by atoms with Gasteiger partial charge in [0.05, 0.1) is 31.2 Å². The Balaban J connectivity index is 1.76. The number of hydrogen-bond donors (Lipinski definition) is 1. The van der Waals surface area contributed by atoms with Crippen LogP contribution >= 0.6 is 23.4 Å². The number of aromatic nitrogens is 2. The van der Waals surface area contributed by atoms with Crippen molar-refractivity contribution in [3.8, 4) is 17.2 Å². The maximum absolute atomic E-state index is 13.1. The van der Waals surface area contributed by atoms with Crippen molar-refractivity contribution in [1.29, 1.82) is 0 Å². The second-order valence-electron chi connectivity index (χ2n) is 6.15. The molecule has 0 aliphatic carbocycles. The standard InChI is InChI=1S/C20H18ClN3O3S/c1-26-17-8-4-7-14(18(17)27-2)20(25)22-19-15-10-28-11-16(15)23-24(19)13-6-3-5-12(21)9-13/h3-9H,10-11H2,1-2H3,(H,22,25). The monoisotopic (exact) mass is 415 g/mol. The van der Waals surface area contributed by atoms with Crippen molar-refractivity contribution in [1.82, 2.24) is 9.78 Å². The van der Waals surface area contributed by atoms with Gasteiger partial charge in [0.1, 0.15) is 5.82 Å². The van der Waals surface area contributed by atoms with Gasteiger partial charge in [-0.2, -0.15) is 16.9 Å². The minimum atomic E-state index is -0.293. The molecule has 0 saturated heterocycles. The molecule has 0 unspecified atom stereocenters. The number of fused-ring (bicyclic) bond motifs is 1.